The molecule has 2 aromatic rings. The summed E-state index contributed by atoms with van der Waals surface area (Å²) in [5.41, 5.74) is 0.935. The van der Waals surface area contributed by atoms with Crippen LogP contribution < -0.4 is 13.9 Å². The lowest BCUT2D eigenvalue weighted by molar-refractivity contribution is 0.162. The molecule has 0 bridgehead atoms. The minimum atomic E-state index is -3.94. The van der Waals surface area contributed by atoms with Crippen LogP contribution in [0.3, 0.4) is 0 Å². The lowest BCUT2D eigenvalue weighted by atomic mass is 10.2. The molecule has 1 heterocycles. The second-order valence-electron chi connectivity index (χ2n) is 6.14. The van der Waals surface area contributed by atoms with E-state index in [1.54, 1.807) is 37.4 Å². The number of para-hydroxylation sites is 3. The Labute approximate surface area is 153 Å². The highest BCUT2D eigenvalue weighted by molar-refractivity contribution is 7.95. The van der Waals surface area contributed by atoms with Crippen molar-refractivity contribution in [3.63, 3.8) is 0 Å². The van der Waals surface area contributed by atoms with Crippen molar-refractivity contribution in [2.24, 2.45) is 0 Å². The van der Waals surface area contributed by atoms with E-state index in [0.29, 0.717) is 30.8 Å². The topological polar surface area (TPSA) is 72.9 Å². The standard InChI is InChI=1S/C18H22FN3O3S/c1-20-13-14(23)7-6-12-21-17-10-4-5-11-18(17)22(26(21,24)25)16-9-3-2-8-15(16)19/h2-5,8-11,14,20,23H,6-7,12-13H2,1H3/t14-/m0/s1. The summed E-state index contributed by atoms with van der Waals surface area (Å²) >= 11 is 0. The van der Waals surface area contributed by atoms with Crippen LogP contribution in [0.15, 0.2) is 48.5 Å². The van der Waals surface area contributed by atoms with Crippen LogP contribution in [0, 0.1) is 5.82 Å². The van der Waals surface area contributed by atoms with Crippen molar-refractivity contribution in [1.82, 2.24) is 5.32 Å². The van der Waals surface area contributed by atoms with Gasteiger partial charge in [-0.05, 0) is 44.2 Å². The molecule has 0 saturated carbocycles. The Morgan fingerprint density at radius 2 is 1.69 bits per heavy atom. The van der Waals surface area contributed by atoms with Crippen LogP contribution in [-0.2, 0) is 10.2 Å². The maximum absolute atomic E-state index is 14.3. The Bertz CT molecular complexity index is 875. The number of anilines is 3. The fourth-order valence-corrected chi connectivity index (χ4v) is 4.87. The molecule has 2 aromatic carbocycles. The quantitative estimate of drug-likeness (QED) is 0.775. The Hall–Kier alpha value is -2.16. The molecule has 0 radical (unpaired) electrons. The number of rotatable bonds is 7. The maximum Gasteiger partial charge on any atom is 0.331 e. The van der Waals surface area contributed by atoms with E-state index in [-0.39, 0.29) is 12.2 Å². The van der Waals surface area contributed by atoms with Crippen molar-refractivity contribution < 1.29 is 17.9 Å². The van der Waals surface area contributed by atoms with Crippen LogP contribution in [0.1, 0.15) is 12.8 Å². The first kappa shape index (κ1) is 18.6. The third-order valence-corrected chi connectivity index (χ3v) is 6.08. The number of likely N-dealkylation sites (N-methyl/N-ethyl adjacent to an activating group) is 1. The SMILES string of the molecule is CNC[C@@H](O)CCCN1c2ccccc2N(c2ccccc2F)S1(=O)=O. The average Bonchev–Trinajstić information content (AvgIpc) is 2.83. The molecule has 0 spiro atoms. The van der Waals surface area contributed by atoms with E-state index in [1.165, 1.54) is 22.5 Å². The summed E-state index contributed by atoms with van der Waals surface area (Å²) in [7, 11) is -2.20. The molecule has 140 valence electrons. The Kier molecular flexibility index (Phi) is 5.45. The van der Waals surface area contributed by atoms with Gasteiger partial charge in [-0.1, -0.05) is 24.3 Å². The molecule has 0 aromatic heterocycles. The van der Waals surface area contributed by atoms with Crippen molar-refractivity contribution in [3.8, 4) is 0 Å². The van der Waals surface area contributed by atoms with Crippen molar-refractivity contribution in [3.05, 3.63) is 54.3 Å². The van der Waals surface area contributed by atoms with Gasteiger partial charge in [0.15, 0.2) is 0 Å². The molecule has 0 unspecified atom stereocenters. The van der Waals surface area contributed by atoms with Gasteiger partial charge in [0.05, 0.1) is 23.2 Å². The van der Waals surface area contributed by atoms with Crippen molar-refractivity contribution in [1.29, 1.82) is 0 Å². The molecule has 0 fully saturated rings. The smallest absolute Gasteiger partial charge is 0.331 e. The van der Waals surface area contributed by atoms with Crippen molar-refractivity contribution >= 4 is 27.3 Å². The predicted octanol–water partition coefficient (Wildman–Crippen LogP) is 2.39. The molecule has 8 heteroatoms. The second kappa shape index (κ2) is 7.61. The van der Waals surface area contributed by atoms with Gasteiger partial charge in [-0.2, -0.15) is 8.42 Å². The van der Waals surface area contributed by atoms with Crippen LogP contribution >= 0.6 is 0 Å². The summed E-state index contributed by atoms with van der Waals surface area (Å²) in [6.07, 6.45) is 0.416. The van der Waals surface area contributed by atoms with Gasteiger partial charge in [0, 0.05) is 13.1 Å². The van der Waals surface area contributed by atoms with Crippen LogP contribution in [0.4, 0.5) is 21.5 Å². The van der Waals surface area contributed by atoms with E-state index in [4.69, 9.17) is 0 Å². The summed E-state index contributed by atoms with van der Waals surface area (Å²) in [5, 5.41) is 12.7. The zero-order chi connectivity index (χ0) is 18.7. The molecule has 2 N–H and O–H groups in total. The third-order valence-electron chi connectivity index (χ3n) is 4.29. The van der Waals surface area contributed by atoms with Gasteiger partial charge in [-0.25, -0.2) is 8.70 Å². The van der Waals surface area contributed by atoms with E-state index in [2.05, 4.69) is 5.32 Å². The largest absolute Gasteiger partial charge is 0.392 e. The number of hydrogen-bond acceptors (Lipinski definition) is 4. The van der Waals surface area contributed by atoms with E-state index in [9.17, 15) is 17.9 Å². The molecule has 0 amide bonds. The first-order valence-corrected chi connectivity index (χ1v) is 9.85. The first-order valence-electron chi connectivity index (χ1n) is 8.46. The van der Waals surface area contributed by atoms with Gasteiger partial charge in [0.1, 0.15) is 5.82 Å². The molecule has 3 rings (SSSR count). The molecule has 1 aliphatic rings. The number of aliphatic hydroxyl groups excluding tert-OH is 1. The first-order chi connectivity index (χ1) is 12.5. The third kappa shape index (κ3) is 3.40. The normalized spacial score (nSPS) is 16.6. The fraction of sp³-hybridized carbons (Fsp3) is 0.333. The molecular formula is C18H22FN3O3S. The number of fused-ring (bicyclic) bond motifs is 1. The van der Waals surface area contributed by atoms with Crippen LogP contribution in [-0.4, -0.2) is 39.8 Å². The zero-order valence-corrected chi connectivity index (χ0v) is 15.3. The Balaban J connectivity index is 1.91. The summed E-state index contributed by atoms with van der Waals surface area (Å²) in [5.74, 6) is -0.600. The second-order valence-corrected chi connectivity index (χ2v) is 7.84. The lowest BCUT2D eigenvalue weighted by Crippen LogP contribution is -2.36. The number of aliphatic hydroxyl groups is 1. The van der Waals surface area contributed by atoms with Gasteiger partial charge >= 0.3 is 10.2 Å². The molecule has 6 nitrogen and oxygen atoms in total. The monoisotopic (exact) mass is 379 g/mol. The highest BCUT2D eigenvalue weighted by atomic mass is 32.2. The average molecular weight is 379 g/mol. The molecular weight excluding hydrogens is 357 g/mol. The van der Waals surface area contributed by atoms with E-state index in [1.807, 2.05) is 0 Å². The van der Waals surface area contributed by atoms with Gasteiger partial charge in [-0.15, -0.1) is 0 Å². The maximum atomic E-state index is 14.3. The minimum absolute atomic E-state index is 0.00216. The number of nitrogens with zero attached hydrogens (tertiary/aromatic N) is 2. The molecule has 0 saturated heterocycles. The summed E-state index contributed by atoms with van der Waals surface area (Å²) < 4.78 is 42.8. The zero-order valence-electron chi connectivity index (χ0n) is 14.5. The molecule has 26 heavy (non-hydrogen) atoms. The van der Waals surface area contributed by atoms with Crippen LogP contribution in [0.25, 0.3) is 0 Å². The number of hydrogen-bond donors (Lipinski definition) is 2. The minimum Gasteiger partial charge on any atom is -0.392 e. The predicted molar refractivity (Wildman–Crippen MR) is 100 cm³/mol. The summed E-state index contributed by atoms with van der Waals surface area (Å²) in [4.78, 5) is 0. The van der Waals surface area contributed by atoms with Crippen molar-refractivity contribution in [2.45, 2.75) is 18.9 Å². The number of nitrogens with one attached hydrogen (secondary N) is 1. The van der Waals surface area contributed by atoms with Gasteiger partial charge in [0.2, 0.25) is 0 Å². The molecule has 0 aliphatic carbocycles. The molecule has 1 aliphatic heterocycles. The van der Waals surface area contributed by atoms with Gasteiger partial charge < -0.3 is 10.4 Å². The van der Waals surface area contributed by atoms with E-state index in [0.717, 1.165) is 4.31 Å². The highest BCUT2D eigenvalue weighted by Gasteiger charge is 2.41. The fourth-order valence-electron chi connectivity index (χ4n) is 3.11. The van der Waals surface area contributed by atoms with Crippen molar-refractivity contribution in [2.75, 3.05) is 28.7 Å². The van der Waals surface area contributed by atoms with Crippen LogP contribution in [0.5, 0.6) is 0 Å². The summed E-state index contributed by atoms with van der Waals surface area (Å²) in [6, 6.07) is 12.7. The van der Waals surface area contributed by atoms with E-state index < -0.39 is 22.1 Å². The Morgan fingerprint density at radius 3 is 2.35 bits per heavy atom. The lowest BCUT2D eigenvalue weighted by Gasteiger charge is -2.22. The molecule has 1 atom stereocenters. The van der Waals surface area contributed by atoms with Gasteiger partial charge in [-0.3, -0.25) is 4.31 Å². The Morgan fingerprint density at radius 1 is 1.08 bits per heavy atom. The number of halogens is 1. The number of benzene rings is 2. The summed E-state index contributed by atoms with van der Waals surface area (Å²) in [6.45, 7) is 0.662. The van der Waals surface area contributed by atoms with E-state index >= 15 is 0 Å². The van der Waals surface area contributed by atoms with Gasteiger partial charge in [0.25, 0.3) is 0 Å². The van der Waals surface area contributed by atoms with Crippen LogP contribution in [0.2, 0.25) is 0 Å². The highest BCUT2D eigenvalue weighted by Crippen LogP contribution is 2.45.